The van der Waals surface area contributed by atoms with E-state index in [0.29, 0.717) is 12.5 Å². The summed E-state index contributed by atoms with van der Waals surface area (Å²) in [5.74, 6) is 1.72. The van der Waals surface area contributed by atoms with E-state index in [-0.39, 0.29) is 12.7 Å². The summed E-state index contributed by atoms with van der Waals surface area (Å²) in [6, 6.07) is 6.85. The van der Waals surface area contributed by atoms with E-state index in [2.05, 4.69) is 11.8 Å². The number of hydrogen-bond acceptors (Lipinski definition) is 4. The fourth-order valence-electron chi connectivity index (χ4n) is 3.45. The van der Waals surface area contributed by atoms with Gasteiger partial charge in [-0.1, -0.05) is 6.07 Å². The molecule has 1 aromatic carbocycles. The van der Waals surface area contributed by atoms with E-state index in [1.807, 2.05) is 23.1 Å². The van der Waals surface area contributed by atoms with Crippen LogP contribution in [0.4, 0.5) is 0 Å². The minimum absolute atomic E-state index is 0.210. The second-order valence-electron chi connectivity index (χ2n) is 6.53. The highest BCUT2D eigenvalue weighted by molar-refractivity contribution is 5.79. The molecule has 0 spiro atoms. The van der Waals surface area contributed by atoms with Crippen molar-refractivity contribution in [2.45, 2.75) is 38.3 Å². The van der Waals surface area contributed by atoms with E-state index in [9.17, 15) is 4.79 Å². The van der Waals surface area contributed by atoms with Crippen LogP contribution in [0.25, 0.3) is 0 Å². The Labute approximate surface area is 130 Å². The van der Waals surface area contributed by atoms with Gasteiger partial charge < -0.3 is 14.4 Å². The predicted octanol–water partition coefficient (Wildman–Crippen LogP) is 1.65. The van der Waals surface area contributed by atoms with Gasteiger partial charge in [-0.05, 0) is 37.5 Å². The molecule has 1 unspecified atom stereocenters. The average Bonchev–Trinajstić information content (AvgIpc) is 3.25. The Morgan fingerprint density at radius 1 is 1.23 bits per heavy atom. The lowest BCUT2D eigenvalue weighted by Gasteiger charge is -2.40. The van der Waals surface area contributed by atoms with Crippen LogP contribution in [0.15, 0.2) is 18.2 Å². The number of nitrogens with zero attached hydrogens (tertiary/aromatic N) is 2. The topological polar surface area (TPSA) is 42.0 Å². The minimum Gasteiger partial charge on any atom is -0.454 e. The normalized spacial score (nSPS) is 24.6. The molecule has 3 aliphatic rings. The molecule has 0 radical (unpaired) electrons. The SMILES string of the molecule is CC1CN(C2CC2)CCN1C(=O)Cc1ccc2c(c1)OCO2. The number of fused-ring (bicyclic) bond motifs is 1. The Bertz CT molecular complexity index is 585. The van der Waals surface area contributed by atoms with Crippen LogP contribution in [0.5, 0.6) is 11.5 Å². The Balaban J connectivity index is 1.39. The lowest BCUT2D eigenvalue weighted by molar-refractivity contribution is -0.135. The van der Waals surface area contributed by atoms with Crippen molar-refractivity contribution in [3.8, 4) is 11.5 Å². The number of benzene rings is 1. The maximum Gasteiger partial charge on any atom is 0.231 e. The fraction of sp³-hybridized carbons (Fsp3) is 0.588. The van der Waals surface area contributed by atoms with E-state index in [4.69, 9.17) is 9.47 Å². The first-order chi connectivity index (χ1) is 10.7. The van der Waals surface area contributed by atoms with Crippen LogP contribution >= 0.6 is 0 Å². The highest BCUT2D eigenvalue weighted by Crippen LogP contribution is 2.33. The summed E-state index contributed by atoms with van der Waals surface area (Å²) in [5, 5.41) is 0. The van der Waals surface area contributed by atoms with Gasteiger partial charge in [0, 0.05) is 31.7 Å². The monoisotopic (exact) mass is 302 g/mol. The minimum atomic E-state index is 0.210. The first-order valence-electron chi connectivity index (χ1n) is 8.13. The summed E-state index contributed by atoms with van der Waals surface area (Å²) >= 11 is 0. The second kappa shape index (κ2) is 5.47. The average molecular weight is 302 g/mol. The van der Waals surface area contributed by atoms with Gasteiger partial charge in [0.25, 0.3) is 0 Å². The van der Waals surface area contributed by atoms with Crippen LogP contribution in [0.2, 0.25) is 0 Å². The van der Waals surface area contributed by atoms with Gasteiger partial charge in [0.2, 0.25) is 12.7 Å². The zero-order valence-corrected chi connectivity index (χ0v) is 13.0. The van der Waals surface area contributed by atoms with Crippen LogP contribution in [-0.2, 0) is 11.2 Å². The van der Waals surface area contributed by atoms with Crippen molar-refractivity contribution in [1.82, 2.24) is 9.80 Å². The standard InChI is InChI=1S/C17H22N2O3/c1-12-10-18(14-3-4-14)6-7-19(12)17(20)9-13-2-5-15-16(8-13)22-11-21-15/h2,5,8,12,14H,3-4,6-7,9-11H2,1H3. The Kier molecular flexibility index (Phi) is 3.45. The van der Waals surface area contributed by atoms with Crippen LogP contribution < -0.4 is 9.47 Å². The van der Waals surface area contributed by atoms with Crippen molar-refractivity contribution in [3.63, 3.8) is 0 Å². The van der Waals surface area contributed by atoms with Crippen molar-refractivity contribution in [2.24, 2.45) is 0 Å². The molecule has 1 saturated carbocycles. The zero-order valence-electron chi connectivity index (χ0n) is 13.0. The highest BCUT2D eigenvalue weighted by atomic mass is 16.7. The number of carbonyl (C=O) groups is 1. The molecule has 5 nitrogen and oxygen atoms in total. The smallest absolute Gasteiger partial charge is 0.231 e. The molecule has 2 aliphatic heterocycles. The summed E-state index contributed by atoms with van der Waals surface area (Å²) in [4.78, 5) is 17.2. The fourth-order valence-corrected chi connectivity index (χ4v) is 3.45. The summed E-state index contributed by atoms with van der Waals surface area (Å²) in [6.45, 7) is 5.31. The molecule has 118 valence electrons. The van der Waals surface area contributed by atoms with Crippen molar-refractivity contribution in [1.29, 1.82) is 0 Å². The Morgan fingerprint density at radius 2 is 2.05 bits per heavy atom. The molecule has 2 fully saturated rings. The molecule has 1 aromatic rings. The van der Waals surface area contributed by atoms with E-state index in [1.54, 1.807) is 0 Å². The van der Waals surface area contributed by atoms with E-state index < -0.39 is 0 Å². The van der Waals surface area contributed by atoms with Crippen LogP contribution in [-0.4, -0.2) is 54.2 Å². The lowest BCUT2D eigenvalue weighted by atomic mass is 10.1. The third-order valence-electron chi connectivity index (χ3n) is 4.83. The molecule has 4 rings (SSSR count). The molecule has 1 aliphatic carbocycles. The molecule has 22 heavy (non-hydrogen) atoms. The predicted molar refractivity (Wildman–Crippen MR) is 82.0 cm³/mol. The molecule has 1 amide bonds. The maximum absolute atomic E-state index is 12.6. The van der Waals surface area contributed by atoms with Crippen molar-refractivity contribution >= 4 is 5.91 Å². The summed E-state index contributed by atoms with van der Waals surface area (Å²) in [5.41, 5.74) is 0.992. The molecule has 1 atom stereocenters. The molecule has 5 heteroatoms. The third kappa shape index (κ3) is 2.65. The quantitative estimate of drug-likeness (QED) is 0.851. The van der Waals surface area contributed by atoms with Gasteiger partial charge in [0.05, 0.1) is 6.42 Å². The van der Waals surface area contributed by atoms with Gasteiger partial charge in [0.1, 0.15) is 0 Å². The molecular formula is C17H22N2O3. The summed E-state index contributed by atoms with van der Waals surface area (Å²) in [7, 11) is 0. The van der Waals surface area contributed by atoms with Gasteiger partial charge in [0.15, 0.2) is 11.5 Å². The van der Waals surface area contributed by atoms with Crippen molar-refractivity contribution in [3.05, 3.63) is 23.8 Å². The first kappa shape index (κ1) is 13.9. The van der Waals surface area contributed by atoms with Crippen LogP contribution in [0, 0.1) is 0 Å². The number of carbonyl (C=O) groups excluding carboxylic acids is 1. The van der Waals surface area contributed by atoms with Gasteiger partial charge in [-0.15, -0.1) is 0 Å². The lowest BCUT2D eigenvalue weighted by Crippen LogP contribution is -2.54. The Morgan fingerprint density at radius 3 is 2.82 bits per heavy atom. The number of hydrogen-bond donors (Lipinski definition) is 0. The molecule has 0 bridgehead atoms. The van der Waals surface area contributed by atoms with E-state index in [1.165, 1.54) is 12.8 Å². The largest absolute Gasteiger partial charge is 0.454 e. The maximum atomic E-state index is 12.6. The van der Waals surface area contributed by atoms with Crippen LogP contribution in [0.1, 0.15) is 25.3 Å². The van der Waals surface area contributed by atoms with Gasteiger partial charge >= 0.3 is 0 Å². The molecule has 2 heterocycles. The van der Waals surface area contributed by atoms with Gasteiger partial charge in [-0.25, -0.2) is 0 Å². The van der Waals surface area contributed by atoms with Crippen molar-refractivity contribution < 1.29 is 14.3 Å². The van der Waals surface area contributed by atoms with Crippen LogP contribution in [0.3, 0.4) is 0 Å². The molecular weight excluding hydrogens is 280 g/mol. The number of piperazine rings is 1. The Hall–Kier alpha value is -1.75. The van der Waals surface area contributed by atoms with Gasteiger partial charge in [-0.2, -0.15) is 0 Å². The van der Waals surface area contributed by atoms with E-state index >= 15 is 0 Å². The molecule has 1 saturated heterocycles. The van der Waals surface area contributed by atoms with Gasteiger partial charge in [-0.3, -0.25) is 9.69 Å². The summed E-state index contributed by atoms with van der Waals surface area (Å²) < 4.78 is 10.7. The molecule has 0 N–H and O–H groups in total. The van der Waals surface area contributed by atoms with E-state index in [0.717, 1.165) is 42.7 Å². The summed E-state index contributed by atoms with van der Waals surface area (Å²) in [6.07, 6.45) is 3.10. The zero-order chi connectivity index (χ0) is 15.1. The first-order valence-corrected chi connectivity index (χ1v) is 8.13. The molecule has 0 aromatic heterocycles. The second-order valence-corrected chi connectivity index (χ2v) is 6.53. The third-order valence-corrected chi connectivity index (χ3v) is 4.83. The highest BCUT2D eigenvalue weighted by Gasteiger charge is 2.35. The number of ether oxygens (including phenoxy) is 2. The number of rotatable bonds is 3. The number of amides is 1. The van der Waals surface area contributed by atoms with Crippen molar-refractivity contribution in [2.75, 3.05) is 26.4 Å².